The summed E-state index contributed by atoms with van der Waals surface area (Å²) in [5.74, 6) is 0.853. The fourth-order valence-electron chi connectivity index (χ4n) is 3.30. The number of aryl methyl sites for hydroxylation is 1. The third-order valence-corrected chi connectivity index (χ3v) is 4.49. The summed E-state index contributed by atoms with van der Waals surface area (Å²) in [6.45, 7) is 2.66. The Bertz CT molecular complexity index is 597. The first kappa shape index (κ1) is 15.7. The molecular formula is C18H24N4O. The summed E-state index contributed by atoms with van der Waals surface area (Å²) in [4.78, 5) is 22.7. The quantitative estimate of drug-likeness (QED) is 0.823. The summed E-state index contributed by atoms with van der Waals surface area (Å²) in [5.41, 5.74) is 1.27. The second-order valence-corrected chi connectivity index (χ2v) is 6.32. The summed E-state index contributed by atoms with van der Waals surface area (Å²) in [7, 11) is 0. The second kappa shape index (κ2) is 7.90. The van der Waals surface area contributed by atoms with Gasteiger partial charge in [0.25, 0.3) is 0 Å². The van der Waals surface area contributed by atoms with Crippen LogP contribution in [0.3, 0.4) is 0 Å². The van der Waals surface area contributed by atoms with Gasteiger partial charge in [0.05, 0.1) is 6.33 Å². The lowest BCUT2D eigenvalue weighted by atomic mass is 9.91. The number of nitrogens with zero attached hydrogens (tertiary/aromatic N) is 4. The minimum atomic E-state index is 0.293. The van der Waals surface area contributed by atoms with E-state index in [1.165, 1.54) is 12.0 Å². The monoisotopic (exact) mass is 312 g/mol. The smallest absolute Gasteiger partial charge is 0.222 e. The van der Waals surface area contributed by atoms with Gasteiger partial charge in [0.15, 0.2) is 0 Å². The maximum atomic E-state index is 12.4. The SMILES string of the molecule is O=C(CCCn1ccnc1)N1CCCC(Cc2cccnc2)C1. The van der Waals surface area contributed by atoms with Gasteiger partial charge in [0.1, 0.15) is 0 Å². The van der Waals surface area contributed by atoms with Crippen molar-refractivity contribution in [3.63, 3.8) is 0 Å². The molecule has 0 aliphatic carbocycles. The molecule has 2 aromatic rings. The Balaban J connectivity index is 1.44. The first-order chi connectivity index (χ1) is 11.3. The predicted molar refractivity (Wildman–Crippen MR) is 88.7 cm³/mol. The lowest BCUT2D eigenvalue weighted by Crippen LogP contribution is -2.40. The van der Waals surface area contributed by atoms with Crippen LogP contribution in [0.5, 0.6) is 0 Å². The second-order valence-electron chi connectivity index (χ2n) is 6.32. The number of carbonyl (C=O) groups is 1. The number of amides is 1. The van der Waals surface area contributed by atoms with Crippen LogP contribution < -0.4 is 0 Å². The van der Waals surface area contributed by atoms with E-state index in [0.29, 0.717) is 18.2 Å². The van der Waals surface area contributed by atoms with Gasteiger partial charge in [-0.1, -0.05) is 6.07 Å². The number of hydrogen-bond acceptors (Lipinski definition) is 3. The van der Waals surface area contributed by atoms with Crippen LogP contribution in [0.4, 0.5) is 0 Å². The van der Waals surface area contributed by atoms with E-state index in [9.17, 15) is 4.79 Å². The molecule has 0 aromatic carbocycles. The molecule has 1 unspecified atom stereocenters. The Morgan fingerprint density at radius 1 is 1.30 bits per heavy atom. The minimum Gasteiger partial charge on any atom is -0.342 e. The summed E-state index contributed by atoms with van der Waals surface area (Å²) in [6, 6.07) is 4.11. The first-order valence-corrected chi connectivity index (χ1v) is 8.43. The van der Waals surface area contributed by atoms with Crippen LogP contribution in [0.2, 0.25) is 0 Å². The molecule has 3 rings (SSSR count). The number of pyridine rings is 1. The van der Waals surface area contributed by atoms with Crippen molar-refractivity contribution in [2.75, 3.05) is 13.1 Å². The van der Waals surface area contributed by atoms with E-state index < -0.39 is 0 Å². The van der Waals surface area contributed by atoms with E-state index in [1.54, 1.807) is 18.7 Å². The van der Waals surface area contributed by atoms with Crippen molar-refractivity contribution in [1.29, 1.82) is 0 Å². The van der Waals surface area contributed by atoms with Crippen molar-refractivity contribution < 1.29 is 4.79 Å². The number of aromatic nitrogens is 3. The molecule has 3 heterocycles. The molecule has 0 spiro atoms. The van der Waals surface area contributed by atoms with Crippen molar-refractivity contribution in [2.45, 2.75) is 38.6 Å². The van der Waals surface area contributed by atoms with E-state index in [1.807, 2.05) is 23.0 Å². The van der Waals surface area contributed by atoms with Gasteiger partial charge in [-0.25, -0.2) is 4.98 Å². The molecule has 5 nitrogen and oxygen atoms in total. The molecule has 1 atom stereocenters. The first-order valence-electron chi connectivity index (χ1n) is 8.43. The zero-order valence-corrected chi connectivity index (χ0v) is 13.5. The van der Waals surface area contributed by atoms with Crippen LogP contribution in [0.15, 0.2) is 43.2 Å². The third kappa shape index (κ3) is 4.65. The van der Waals surface area contributed by atoms with Gasteiger partial charge >= 0.3 is 0 Å². The standard InChI is InChI=1S/C18H24N4O/c23-18(6-3-9-21-11-8-20-15-21)22-10-2-5-17(14-22)12-16-4-1-7-19-13-16/h1,4,7-8,11,13,15,17H,2-3,5-6,9-10,12,14H2. The van der Waals surface area contributed by atoms with Gasteiger partial charge in [-0.15, -0.1) is 0 Å². The number of imidazole rings is 1. The number of rotatable bonds is 6. The van der Waals surface area contributed by atoms with E-state index >= 15 is 0 Å². The molecule has 1 fully saturated rings. The van der Waals surface area contributed by atoms with Crippen LogP contribution in [-0.2, 0) is 17.8 Å². The van der Waals surface area contributed by atoms with Gasteiger partial charge in [-0.05, 0) is 43.2 Å². The van der Waals surface area contributed by atoms with Crippen molar-refractivity contribution in [3.8, 4) is 0 Å². The van der Waals surface area contributed by atoms with Gasteiger partial charge in [-0.3, -0.25) is 9.78 Å². The van der Waals surface area contributed by atoms with Crippen molar-refractivity contribution >= 4 is 5.91 Å². The molecule has 0 radical (unpaired) electrons. The minimum absolute atomic E-state index is 0.293. The number of carbonyl (C=O) groups excluding carboxylic acids is 1. The zero-order chi connectivity index (χ0) is 15.9. The van der Waals surface area contributed by atoms with E-state index in [-0.39, 0.29) is 0 Å². The molecule has 1 aliphatic heterocycles. The predicted octanol–water partition coefficient (Wildman–Crippen LogP) is 2.54. The van der Waals surface area contributed by atoms with Crippen molar-refractivity contribution in [3.05, 3.63) is 48.8 Å². The summed E-state index contributed by atoms with van der Waals surface area (Å²) >= 11 is 0. The lowest BCUT2D eigenvalue weighted by molar-refractivity contribution is -0.133. The lowest BCUT2D eigenvalue weighted by Gasteiger charge is -2.33. The van der Waals surface area contributed by atoms with E-state index in [4.69, 9.17) is 0 Å². The summed E-state index contributed by atoms with van der Waals surface area (Å²) in [5, 5.41) is 0. The molecule has 0 N–H and O–H groups in total. The Labute approximate surface area is 137 Å². The summed E-state index contributed by atoms with van der Waals surface area (Å²) in [6.07, 6.45) is 14.1. The normalized spacial score (nSPS) is 18.1. The fourth-order valence-corrected chi connectivity index (χ4v) is 3.30. The van der Waals surface area contributed by atoms with Crippen LogP contribution in [0.1, 0.15) is 31.2 Å². The maximum absolute atomic E-state index is 12.4. The van der Waals surface area contributed by atoms with Crippen LogP contribution in [0, 0.1) is 5.92 Å². The molecule has 1 aliphatic rings. The topological polar surface area (TPSA) is 51.0 Å². The average molecular weight is 312 g/mol. The van der Waals surface area contributed by atoms with Crippen molar-refractivity contribution in [1.82, 2.24) is 19.4 Å². The Morgan fingerprint density at radius 2 is 2.26 bits per heavy atom. The van der Waals surface area contributed by atoms with Crippen LogP contribution in [-0.4, -0.2) is 38.4 Å². The van der Waals surface area contributed by atoms with Gasteiger partial charge < -0.3 is 9.47 Å². The molecule has 0 bridgehead atoms. The third-order valence-electron chi connectivity index (χ3n) is 4.49. The van der Waals surface area contributed by atoms with Gasteiger partial charge in [-0.2, -0.15) is 0 Å². The van der Waals surface area contributed by atoms with Gasteiger partial charge in [0, 0.05) is 50.8 Å². The zero-order valence-electron chi connectivity index (χ0n) is 13.5. The number of piperidine rings is 1. The number of hydrogen-bond donors (Lipinski definition) is 0. The Hall–Kier alpha value is -2.17. The summed E-state index contributed by atoms with van der Waals surface area (Å²) < 4.78 is 2.02. The highest BCUT2D eigenvalue weighted by atomic mass is 16.2. The molecule has 5 heteroatoms. The highest BCUT2D eigenvalue weighted by Crippen LogP contribution is 2.21. The Kier molecular flexibility index (Phi) is 5.40. The molecular weight excluding hydrogens is 288 g/mol. The molecule has 0 saturated carbocycles. The Morgan fingerprint density at radius 3 is 3.04 bits per heavy atom. The highest BCUT2D eigenvalue weighted by molar-refractivity contribution is 5.76. The highest BCUT2D eigenvalue weighted by Gasteiger charge is 2.23. The largest absolute Gasteiger partial charge is 0.342 e. The van der Waals surface area contributed by atoms with E-state index in [2.05, 4.69) is 20.9 Å². The maximum Gasteiger partial charge on any atom is 0.222 e. The molecule has 2 aromatic heterocycles. The number of likely N-dealkylation sites (tertiary alicyclic amines) is 1. The average Bonchev–Trinajstić information content (AvgIpc) is 3.09. The van der Waals surface area contributed by atoms with Crippen molar-refractivity contribution in [2.24, 2.45) is 5.92 Å². The molecule has 1 saturated heterocycles. The molecule has 1 amide bonds. The van der Waals surface area contributed by atoms with Crippen LogP contribution >= 0.6 is 0 Å². The molecule has 23 heavy (non-hydrogen) atoms. The molecule has 122 valence electrons. The van der Waals surface area contributed by atoms with Gasteiger partial charge in [0.2, 0.25) is 5.91 Å². The van der Waals surface area contributed by atoms with E-state index in [0.717, 1.165) is 38.9 Å². The van der Waals surface area contributed by atoms with Crippen LogP contribution in [0.25, 0.3) is 0 Å². The fraction of sp³-hybridized carbons (Fsp3) is 0.500.